The largest absolute Gasteiger partial charge is 0.477 e. The Balaban J connectivity index is 1.60. The highest BCUT2D eigenvalue weighted by Gasteiger charge is 2.31. The summed E-state index contributed by atoms with van der Waals surface area (Å²) in [7, 11) is 1.54. The molecule has 1 aliphatic heterocycles. The third-order valence-corrected chi connectivity index (χ3v) is 4.93. The number of para-hydroxylation sites is 2. The molecule has 1 heterocycles. The third kappa shape index (κ3) is 4.90. The van der Waals surface area contributed by atoms with Crippen molar-refractivity contribution < 1.29 is 19.1 Å². The molecular weight excluding hydrogens is 348 g/mol. The van der Waals surface area contributed by atoms with Gasteiger partial charge in [0.05, 0.1) is 18.8 Å². The van der Waals surface area contributed by atoms with Crippen molar-refractivity contribution in [1.82, 2.24) is 16.0 Å². The normalized spacial score (nSPS) is 19.4. The topological polar surface area (TPSA) is 99.8 Å². The number of urea groups is 1. The summed E-state index contributed by atoms with van der Waals surface area (Å²) in [5, 5.41) is 7.82. The van der Waals surface area contributed by atoms with Gasteiger partial charge in [-0.05, 0) is 25.0 Å². The second kappa shape index (κ2) is 8.75. The fraction of sp³-hybridized carbons (Fsp3) is 0.526. The van der Waals surface area contributed by atoms with Gasteiger partial charge in [-0.3, -0.25) is 14.9 Å². The van der Waals surface area contributed by atoms with Crippen molar-refractivity contribution in [2.24, 2.45) is 0 Å². The van der Waals surface area contributed by atoms with Crippen LogP contribution in [0.4, 0.5) is 10.5 Å². The maximum Gasteiger partial charge on any atom is 0.321 e. The number of nitrogens with one attached hydrogen (secondary N) is 3. The molecule has 1 aliphatic carbocycles. The summed E-state index contributed by atoms with van der Waals surface area (Å²) in [6.07, 6.45) is 4.59. The molecule has 0 radical (unpaired) electrons. The zero-order valence-electron chi connectivity index (χ0n) is 15.5. The molecule has 0 saturated heterocycles. The standard InChI is InChI=1S/C19H26N4O4/c1-20-18(25)16-11-23(14-9-5-6-10-15(14)27-16)12-17(24)22-19(26)21-13-7-3-2-4-8-13/h5-6,9-10,13,16H,2-4,7-8,11-12H2,1H3,(H,20,25)(H2,21,22,24,26)/t16-/m0/s1. The minimum absolute atomic E-state index is 0.0358. The summed E-state index contributed by atoms with van der Waals surface area (Å²) >= 11 is 0. The fourth-order valence-corrected chi connectivity index (χ4v) is 3.56. The van der Waals surface area contributed by atoms with Gasteiger partial charge in [0.2, 0.25) is 5.91 Å². The van der Waals surface area contributed by atoms with Crippen LogP contribution in [-0.4, -0.2) is 50.1 Å². The average molecular weight is 374 g/mol. The molecule has 0 aromatic heterocycles. The molecule has 146 valence electrons. The number of fused-ring (bicyclic) bond motifs is 1. The van der Waals surface area contributed by atoms with Crippen LogP contribution in [0.25, 0.3) is 0 Å². The Kier molecular flexibility index (Phi) is 6.16. The number of hydrogen-bond acceptors (Lipinski definition) is 5. The van der Waals surface area contributed by atoms with Crippen molar-refractivity contribution in [3.05, 3.63) is 24.3 Å². The Hall–Kier alpha value is -2.77. The molecule has 0 spiro atoms. The molecule has 1 saturated carbocycles. The highest BCUT2D eigenvalue weighted by Crippen LogP contribution is 2.32. The predicted octanol–water partition coefficient (Wildman–Crippen LogP) is 1.16. The monoisotopic (exact) mass is 374 g/mol. The first-order chi connectivity index (χ1) is 13.1. The van der Waals surface area contributed by atoms with Crippen LogP contribution < -0.4 is 25.6 Å². The SMILES string of the molecule is CNC(=O)[C@@H]1CN(CC(=O)NC(=O)NC2CCCCC2)c2ccccc2O1. The maximum atomic E-state index is 12.4. The van der Waals surface area contributed by atoms with E-state index in [9.17, 15) is 14.4 Å². The van der Waals surface area contributed by atoms with Crippen molar-refractivity contribution >= 4 is 23.5 Å². The van der Waals surface area contributed by atoms with E-state index in [2.05, 4.69) is 16.0 Å². The van der Waals surface area contributed by atoms with Gasteiger partial charge < -0.3 is 20.3 Å². The van der Waals surface area contributed by atoms with Gasteiger partial charge in [0.15, 0.2) is 6.10 Å². The van der Waals surface area contributed by atoms with Gasteiger partial charge in [0.1, 0.15) is 5.75 Å². The Morgan fingerprint density at radius 1 is 1.15 bits per heavy atom. The molecular formula is C19H26N4O4. The van der Waals surface area contributed by atoms with Crippen molar-refractivity contribution in [3.8, 4) is 5.75 Å². The molecule has 27 heavy (non-hydrogen) atoms. The van der Waals surface area contributed by atoms with Gasteiger partial charge in [0, 0.05) is 13.1 Å². The molecule has 1 aromatic carbocycles. The van der Waals surface area contributed by atoms with E-state index in [0.717, 1.165) is 31.4 Å². The summed E-state index contributed by atoms with van der Waals surface area (Å²) in [6, 6.07) is 6.89. The van der Waals surface area contributed by atoms with E-state index in [4.69, 9.17) is 4.74 Å². The van der Waals surface area contributed by atoms with Crippen LogP contribution in [0, 0.1) is 0 Å². The summed E-state index contributed by atoms with van der Waals surface area (Å²) in [6.45, 7) is 0.195. The van der Waals surface area contributed by atoms with Crippen LogP contribution in [-0.2, 0) is 9.59 Å². The Bertz CT molecular complexity index is 703. The summed E-state index contributed by atoms with van der Waals surface area (Å²) in [4.78, 5) is 38.2. The smallest absolute Gasteiger partial charge is 0.321 e. The first kappa shape index (κ1) is 19.0. The second-order valence-electron chi connectivity index (χ2n) is 6.93. The molecule has 3 N–H and O–H groups in total. The average Bonchev–Trinajstić information content (AvgIpc) is 2.67. The van der Waals surface area contributed by atoms with E-state index in [0.29, 0.717) is 5.75 Å². The number of benzene rings is 1. The number of amides is 4. The number of rotatable bonds is 4. The van der Waals surface area contributed by atoms with Crippen molar-refractivity contribution in [1.29, 1.82) is 0 Å². The number of carbonyl (C=O) groups is 3. The Labute approximate surface area is 158 Å². The van der Waals surface area contributed by atoms with Gasteiger partial charge in [-0.15, -0.1) is 0 Å². The van der Waals surface area contributed by atoms with E-state index in [1.807, 2.05) is 12.1 Å². The lowest BCUT2D eigenvalue weighted by atomic mass is 9.96. The molecule has 4 amide bonds. The van der Waals surface area contributed by atoms with E-state index >= 15 is 0 Å². The van der Waals surface area contributed by atoms with Crippen molar-refractivity contribution in [2.45, 2.75) is 44.2 Å². The number of anilines is 1. The third-order valence-electron chi connectivity index (χ3n) is 4.93. The molecule has 0 bridgehead atoms. The lowest BCUT2D eigenvalue weighted by molar-refractivity contribution is -0.127. The molecule has 1 aromatic rings. The van der Waals surface area contributed by atoms with Crippen molar-refractivity contribution in [3.63, 3.8) is 0 Å². The number of likely N-dealkylation sites (N-methyl/N-ethyl adjacent to an activating group) is 1. The fourth-order valence-electron chi connectivity index (χ4n) is 3.56. The van der Waals surface area contributed by atoms with E-state index in [1.165, 1.54) is 6.42 Å². The lowest BCUT2D eigenvalue weighted by Crippen LogP contribution is -2.52. The van der Waals surface area contributed by atoms with Crippen LogP contribution in [0.3, 0.4) is 0 Å². The Morgan fingerprint density at radius 3 is 2.63 bits per heavy atom. The number of imide groups is 1. The first-order valence-electron chi connectivity index (χ1n) is 9.39. The first-order valence-corrected chi connectivity index (χ1v) is 9.39. The zero-order valence-corrected chi connectivity index (χ0v) is 15.5. The molecule has 1 atom stereocenters. The van der Waals surface area contributed by atoms with Crippen LogP contribution in [0.5, 0.6) is 5.75 Å². The quantitative estimate of drug-likeness (QED) is 0.734. The van der Waals surface area contributed by atoms with Gasteiger partial charge in [-0.1, -0.05) is 31.4 Å². The summed E-state index contributed by atoms with van der Waals surface area (Å²) in [5.74, 6) is -0.141. The van der Waals surface area contributed by atoms with E-state index in [1.54, 1.807) is 24.1 Å². The van der Waals surface area contributed by atoms with E-state index < -0.39 is 18.0 Å². The minimum Gasteiger partial charge on any atom is -0.477 e. The second-order valence-corrected chi connectivity index (χ2v) is 6.93. The van der Waals surface area contributed by atoms with Gasteiger partial charge >= 0.3 is 6.03 Å². The van der Waals surface area contributed by atoms with Crippen molar-refractivity contribution in [2.75, 3.05) is 25.0 Å². The van der Waals surface area contributed by atoms with Crippen LogP contribution in [0.15, 0.2) is 24.3 Å². The molecule has 1 fully saturated rings. The van der Waals surface area contributed by atoms with Crippen LogP contribution >= 0.6 is 0 Å². The molecule has 8 nitrogen and oxygen atoms in total. The predicted molar refractivity (Wildman–Crippen MR) is 101 cm³/mol. The number of carbonyl (C=O) groups excluding carboxylic acids is 3. The number of nitrogens with zero attached hydrogens (tertiary/aromatic N) is 1. The summed E-state index contributed by atoms with van der Waals surface area (Å²) in [5.41, 5.74) is 0.723. The highest BCUT2D eigenvalue weighted by atomic mass is 16.5. The molecule has 2 aliphatic rings. The summed E-state index contributed by atoms with van der Waals surface area (Å²) < 4.78 is 5.71. The zero-order chi connectivity index (χ0) is 19.2. The van der Waals surface area contributed by atoms with Crippen LogP contribution in [0.2, 0.25) is 0 Å². The van der Waals surface area contributed by atoms with Gasteiger partial charge in [0.25, 0.3) is 5.91 Å². The van der Waals surface area contributed by atoms with Crippen LogP contribution in [0.1, 0.15) is 32.1 Å². The molecule has 3 rings (SSSR count). The van der Waals surface area contributed by atoms with Gasteiger partial charge in [-0.25, -0.2) is 4.79 Å². The molecule has 0 unspecified atom stereocenters. The number of hydrogen-bond donors (Lipinski definition) is 3. The highest BCUT2D eigenvalue weighted by molar-refractivity contribution is 5.97. The molecule has 8 heteroatoms. The number of ether oxygens (including phenoxy) is 1. The van der Waals surface area contributed by atoms with E-state index in [-0.39, 0.29) is 25.0 Å². The lowest BCUT2D eigenvalue weighted by Gasteiger charge is -2.34. The Morgan fingerprint density at radius 2 is 1.89 bits per heavy atom. The van der Waals surface area contributed by atoms with Gasteiger partial charge in [-0.2, -0.15) is 0 Å². The minimum atomic E-state index is -0.714. The maximum absolute atomic E-state index is 12.4.